The van der Waals surface area contributed by atoms with Gasteiger partial charge in [0.05, 0.1) is 12.3 Å². The fourth-order valence-electron chi connectivity index (χ4n) is 1.79. The number of nitrogens with two attached hydrogens (primary N) is 1. The standard InChI is InChI=1S/C9H15N3O/c10-6-1-2-7-8(5-6)12-9(11-7)3-4-13/h6,13H,1-5,10H2,(H,11,12). The lowest BCUT2D eigenvalue weighted by atomic mass is 9.97. The number of nitrogens with zero attached hydrogens (tertiary/aromatic N) is 1. The van der Waals surface area contributed by atoms with Gasteiger partial charge in [-0.2, -0.15) is 0 Å². The lowest BCUT2D eigenvalue weighted by Crippen LogP contribution is -2.27. The number of aliphatic hydroxyl groups excluding tert-OH is 1. The van der Waals surface area contributed by atoms with Crippen LogP contribution in [-0.2, 0) is 19.3 Å². The van der Waals surface area contributed by atoms with Crippen LogP contribution in [0.1, 0.15) is 23.6 Å². The largest absolute Gasteiger partial charge is 0.396 e. The summed E-state index contributed by atoms with van der Waals surface area (Å²) in [4.78, 5) is 7.62. The first-order chi connectivity index (χ1) is 6.29. The molecule has 1 unspecified atom stereocenters. The predicted molar refractivity (Wildman–Crippen MR) is 49.4 cm³/mol. The fourth-order valence-corrected chi connectivity index (χ4v) is 1.79. The van der Waals surface area contributed by atoms with Crippen LogP contribution in [0, 0.1) is 0 Å². The third-order valence-electron chi connectivity index (χ3n) is 2.48. The first kappa shape index (κ1) is 8.72. The quantitative estimate of drug-likeness (QED) is 0.589. The van der Waals surface area contributed by atoms with E-state index in [-0.39, 0.29) is 12.6 Å². The number of hydrogen-bond acceptors (Lipinski definition) is 3. The molecule has 1 atom stereocenters. The van der Waals surface area contributed by atoms with Crippen molar-refractivity contribution in [2.75, 3.05) is 6.61 Å². The number of aryl methyl sites for hydroxylation is 1. The summed E-state index contributed by atoms with van der Waals surface area (Å²) in [5.74, 6) is 0.890. The van der Waals surface area contributed by atoms with Crippen molar-refractivity contribution in [3.8, 4) is 0 Å². The van der Waals surface area contributed by atoms with Crippen LogP contribution < -0.4 is 5.73 Å². The Balaban J connectivity index is 2.18. The summed E-state index contributed by atoms with van der Waals surface area (Å²) in [5.41, 5.74) is 8.15. The number of aromatic amines is 1. The van der Waals surface area contributed by atoms with E-state index in [1.807, 2.05) is 0 Å². The number of fused-ring (bicyclic) bond motifs is 1. The Morgan fingerprint density at radius 1 is 1.62 bits per heavy atom. The number of H-pyrrole nitrogens is 1. The molecule has 1 aliphatic carbocycles. The van der Waals surface area contributed by atoms with Gasteiger partial charge in [0, 0.05) is 24.6 Å². The minimum atomic E-state index is 0.151. The van der Waals surface area contributed by atoms with Crippen molar-refractivity contribution in [1.29, 1.82) is 0 Å². The van der Waals surface area contributed by atoms with Crippen molar-refractivity contribution in [2.24, 2.45) is 5.73 Å². The molecule has 4 N–H and O–H groups in total. The lowest BCUT2D eigenvalue weighted by Gasteiger charge is -2.15. The molecule has 1 aromatic rings. The van der Waals surface area contributed by atoms with Gasteiger partial charge in [-0.15, -0.1) is 0 Å². The van der Waals surface area contributed by atoms with E-state index in [4.69, 9.17) is 10.8 Å². The van der Waals surface area contributed by atoms with Crippen LogP contribution in [0.15, 0.2) is 0 Å². The van der Waals surface area contributed by atoms with Crippen LogP contribution in [0.5, 0.6) is 0 Å². The Morgan fingerprint density at radius 3 is 3.23 bits per heavy atom. The van der Waals surface area contributed by atoms with Crippen molar-refractivity contribution < 1.29 is 5.11 Å². The van der Waals surface area contributed by atoms with Crippen LogP contribution in [0.25, 0.3) is 0 Å². The van der Waals surface area contributed by atoms with Crippen LogP contribution >= 0.6 is 0 Å². The van der Waals surface area contributed by atoms with Crippen LogP contribution in [0.2, 0.25) is 0 Å². The van der Waals surface area contributed by atoms with E-state index in [0.717, 1.165) is 30.8 Å². The molecular weight excluding hydrogens is 166 g/mol. The maximum absolute atomic E-state index is 8.75. The zero-order valence-corrected chi connectivity index (χ0v) is 7.58. The normalized spacial score (nSPS) is 21.5. The van der Waals surface area contributed by atoms with Gasteiger partial charge in [0.2, 0.25) is 0 Å². The Hall–Kier alpha value is -0.870. The monoisotopic (exact) mass is 181 g/mol. The second kappa shape index (κ2) is 3.47. The van der Waals surface area contributed by atoms with Crippen molar-refractivity contribution in [3.63, 3.8) is 0 Å². The average Bonchev–Trinajstić information content (AvgIpc) is 2.46. The Bertz CT molecular complexity index is 295. The van der Waals surface area contributed by atoms with E-state index < -0.39 is 0 Å². The molecule has 0 amide bonds. The molecule has 4 nitrogen and oxygen atoms in total. The molecule has 2 rings (SSSR count). The Labute approximate surface area is 77.2 Å². The van der Waals surface area contributed by atoms with Gasteiger partial charge >= 0.3 is 0 Å². The molecular formula is C9H15N3O. The van der Waals surface area contributed by atoms with Crippen molar-refractivity contribution in [2.45, 2.75) is 31.7 Å². The minimum Gasteiger partial charge on any atom is -0.396 e. The smallest absolute Gasteiger partial charge is 0.108 e. The fraction of sp³-hybridized carbons (Fsp3) is 0.667. The number of aliphatic hydroxyl groups is 1. The van der Waals surface area contributed by atoms with Gasteiger partial charge in [-0.25, -0.2) is 4.98 Å². The molecule has 0 bridgehead atoms. The van der Waals surface area contributed by atoms with Gasteiger partial charge in [-0.3, -0.25) is 0 Å². The summed E-state index contributed by atoms with van der Waals surface area (Å²) in [7, 11) is 0. The molecule has 0 aromatic carbocycles. The first-order valence-corrected chi connectivity index (χ1v) is 4.72. The third kappa shape index (κ3) is 1.73. The number of imidazole rings is 1. The Morgan fingerprint density at radius 2 is 2.46 bits per heavy atom. The van der Waals surface area contributed by atoms with E-state index in [1.165, 1.54) is 5.69 Å². The highest BCUT2D eigenvalue weighted by atomic mass is 16.3. The number of aromatic nitrogens is 2. The molecule has 13 heavy (non-hydrogen) atoms. The molecule has 0 spiro atoms. The maximum Gasteiger partial charge on any atom is 0.108 e. The van der Waals surface area contributed by atoms with Crippen molar-refractivity contribution >= 4 is 0 Å². The maximum atomic E-state index is 8.75. The molecule has 1 aliphatic rings. The van der Waals surface area contributed by atoms with Crippen molar-refractivity contribution in [3.05, 3.63) is 17.2 Å². The Kier molecular flexibility index (Phi) is 2.33. The number of nitrogens with one attached hydrogen (secondary N) is 1. The number of hydrogen-bond donors (Lipinski definition) is 3. The molecule has 0 fully saturated rings. The van der Waals surface area contributed by atoms with Gasteiger partial charge in [-0.1, -0.05) is 0 Å². The molecule has 4 heteroatoms. The molecule has 72 valence electrons. The molecule has 1 aromatic heterocycles. The molecule has 0 aliphatic heterocycles. The van der Waals surface area contributed by atoms with E-state index >= 15 is 0 Å². The predicted octanol–water partition coefficient (Wildman–Crippen LogP) is -0.240. The molecule has 1 heterocycles. The van der Waals surface area contributed by atoms with Crippen LogP contribution in [0.3, 0.4) is 0 Å². The van der Waals surface area contributed by atoms with Crippen LogP contribution in [0.4, 0.5) is 0 Å². The van der Waals surface area contributed by atoms with E-state index in [1.54, 1.807) is 0 Å². The first-order valence-electron chi connectivity index (χ1n) is 4.72. The average molecular weight is 181 g/mol. The second-order valence-electron chi connectivity index (χ2n) is 3.59. The summed E-state index contributed by atoms with van der Waals surface area (Å²) in [6, 6.07) is 0.273. The van der Waals surface area contributed by atoms with Gasteiger partial charge in [-0.05, 0) is 12.8 Å². The topological polar surface area (TPSA) is 74.9 Å². The lowest BCUT2D eigenvalue weighted by molar-refractivity contribution is 0.297. The molecule has 0 saturated carbocycles. The van der Waals surface area contributed by atoms with E-state index in [0.29, 0.717) is 6.42 Å². The SMILES string of the molecule is NC1CCc2nc(CCO)[nH]c2C1. The van der Waals surface area contributed by atoms with Crippen LogP contribution in [-0.4, -0.2) is 27.7 Å². The van der Waals surface area contributed by atoms with Crippen molar-refractivity contribution in [1.82, 2.24) is 9.97 Å². The van der Waals surface area contributed by atoms with Gasteiger partial charge in [0.15, 0.2) is 0 Å². The minimum absolute atomic E-state index is 0.151. The number of rotatable bonds is 2. The van der Waals surface area contributed by atoms with Gasteiger partial charge in [0.1, 0.15) is 5.82 Å². The summed E-state index contributed by atoms with van der Waals surface area (Å²) < 4.78 is 0. The highest BCUT2D eigenvalue weighted by Gasteiger charge is 2.18. The molecule has 0 saturated heterocycles. The van der Waals surface area contributed by atoms with Gasteiger partial charge in [0.25, 0.3) is 0 Å². The zero-order valence-electron chi connectivity index (χ0n) is 7.58. The second-order valence-corrected chi connectivity index (χ2v) is 3.59. The molecule has 0 radical (unpaired) electrons. The third-order valence-corrected chi connectivity index (χ3v) is 2.48. The van der Waals surface area contributed by atoms with E-state index in [9.17, 15) is 0 Å². The highest BCUT2D eigenvalue weighted by molar-refractivity contribution is 5.19. The summed E-state index contributed by atoms with van der Waals surface area (Å²) in [6.07, 6.45) is 3.50. The van der Waals surface area contributed by atoms with E-state index in [2.05, 4.69) is 9.97 Å². The summed E-state index contributed by atoms with van der Waals surface area (Å²) >= 11 is 0. The van der Waals surface area contributed by atoms with Gasteiger partial charge < -0.3 is 15.8 Å². The highest BCUT2D eigenvalue weighted by Crippen LogP contribution is 2.18. The summed E-state index contributed by atoms with van der Waals surface area (Å²) in [6.45, 7) is 0.151. The zero-order chi connectivity index (χ0) is 9.26. The summed E-state index contributed by atoms with van der Waals surface area (Å²) in [5, 5.41) is 8.75.